The second-order valence-corrected chi connectivity index (χ2v) is 1.94. The van der Waals surface area contributed by atoms with Gasteiger partial charge in [-0.1, -0.05) is 6.58 Å². The Labute approximate surface area is 49.7 Å². The Balaban J connectivity index is 2.34. The zero-order valence-corrected chi connectivity index (χ0v) is 4.89. The van der Waals surface area contributed by atoms with Crippen LogP contribution in [0.15, 0.2) is 12.3 Å². The molecule has 8 heavy (non-hydrogen) atoms. The van der Waals surface area contributed by atoms with Crippen LogP contribution in [0.5, 0.6) is 0 Å². The van der Waals surface area contributed by atoms with Crippen LogP contribution in [0.1, 0.15) is 0 Å². The van der Waals surface area contributed by atoms with Crippen molar-refractivity contribution < 1.29 is 4.74 Å². The molecule has 1 rings (SSSR count). The lowest BCUT2D eigenvalue weighted by atomic mass is 10.4. The third kappa shape index (κ3) is 1.23. The van der Waals surface area contributed by atoms with Gasteiger partial charge in [0, 0.05) is 13.1 Å². The summed E-state index contributed by atoms with van der Waals surface area (Å²) in [6.45, 7) is 6.09. The minimum atomic E-state index is 0.738. The highest BCUT2D eigenvalue weighted by atomic mass is 16.5. The lowest BCUT2D eigenvalue weighted by molar-refractivity contribution is 0.121. The molecule has 1 aliphatic heterocycles. The summed E-state index contributed by atoms with van der Waals surface area (Å²) in [4.78, 5) is 1.94. The molecule has 0 aromatic carbocycles. The average Bonchev–Trinajstić information content (AvgIpc) is 1.64. The van der Waals surface area contributed by atoms with Gasteiger partial charge in [0.25, 0.3) is 0 Å². The monoisotopic (exact) mass is 112 g/mol. The number of ether oxygens (including phenoxy) is 1. The molecule has 0 atom stereocenters. The summed E-state index contributed by atoms with van der Waals surface area (Å²) in [5, 5.41) is 0. The number of hydrogen-bond donors (Lipinski definition) is 0. The van der Waals surface area contributed by atoms with Gasteiger partial charge in [0.1, 0.15) is 5.76 Å². The van der Waals surface area contributed by atoms with E-state index in [4.69, 9.17) is 4.74 Å². The van der Waals surface area contributed by atoms with Crippen LogP contribution in [0.4, 0.5) is 0 Å². The highest BCUT2D eigenvalue weighted by Crippen LogP contribution is 2.03. The van der Waals surface area contributed by atoms with E-state index in [0.717, 1.165) is 25.5 Å². The highest BCUT2D eigenvalue weighted by molar-refractivity contribution is 4.89. The molecular weight excluding hydrogens is 102 g/mol. The molecule has 0 radical (unpaired) electrons. The molecule has 0 bridgehead atoms. The van der Waals surface area contributed by atoms with Gasteiger partial charge in [-0.3, -0.25) is 7.05 Å². The van der Waals surface area contributed by atoms with Gasteiger partial charge in [-0.2, -0.15) is 0 Å². The van der Waals surface area contributed by atoms with Gasteiger partial charge >= 0.3 is 0 Å². The third-order valence-electron chi connectivity index (χ3n) is 1.11. The first-order valence-electron chi connectivity index (χ1n) is 2.65. The molecule has 46 valence electrons. The van der Waals surface area contributed by atoms with E-state index in [1.165, 1.54) is 0 Å². The van der Waals surface area contributed by atoms with Crippen LogP contribution in [0, 0.1) is 7.05 Å². The van der Waals surface area contributed by atoms with E-state index in [0.29, 0.717) is 0 Å². The van der Waals surface area contributed by atoms with Crippen molar-refractivity contribution in [1.82, 2.24) is 4.90 Å². The van der Waals surface area contributed by atoms with Crippen LogP contribution in [0.3, 0.4) is 0 Å². The maximum absolute atomic E-state index is 5.07. The van der Waals surface area contributed by atoms with Crippen molar-refractivity contribution in [1.29, 1.82) is 0 Å². The normalized spacial score (nSPS) is 22.9. The van der Waals surface area contributed by atoms with E-state index in [1.54, 1.807) is 0 Å². The van der Waals surface area contributed by atoms with E-state index < -0.39 is 0 Å². The van der Waals surface area contributed by atoms with Crippen LogP contribution in [0.25, 0.3) is 0 Å². The van der Waals surface area contributed by atoms with Crippen LogP contribution in [-0.4, -0.2) is 24.6 Å². The third-order valence-corrected chi connectivity index (χ3v) is 1.11. The lowest BCUT2D eigenvalue weighted by Crippen LogP contribution is -2.29. The molecule has 0 amide bonds. The smallest absolute Gasteiger partial charge is 0.100 e. The molecule has 1 saturated heterocycles. The molecular formula is C6H10NO-. The first-order valence-corrected chi connectivity index (χ1v) is 2.65. The predicted molar refractivity (Wildman–Crippen MR) is 32.0 cm³/mol. The summed E-state index contributed by atoms with van der Waals surface area (Å²) in [6, 6.07) is 0. The molecule has 1 fully saturated rings. The summed E-state index contributed by atoms with van der Waals surface area (Å²) in [6.07, 6.45) is 0. The van der Waals surface area contributed by atoms with Crippen molar-refractivity contribution in [3.63, 3.8) is 0 Å². The van der Waals surface area contributed by atoms with Gasteiger partial charge in [-0.05, 0) is 0 Å². The average molecular weight is 112 g/mol. The van der Waals surface area contributed by atoms with Crippen molar-refractivity contribution >= 4 is 0 Å². The summed E-state index contributed by atoms with van der Waals surface area (Å²) in [7, 11) is 3.74. The second kappa shape index (κ2) is 2.18. The fourth-order valence-electron chi connectivity index (χ4n) is 0.693. The zero-order valence-electron chi connectivity index (χ0n) is 4.89. The highest BCUT2D eigenvalue weighted by Gasteiger charge is 2.02. The number of hydrogen-bond acceptors (Lipinski definition) is 2. The molecule has 0 unspecified atom stereocenters. The van der Waals surface area contributed by atoms with Gasteiger partial charge < -0.3 is 9.64 Å². The van der Waals surface area contributed by atoms with Gasteiger partial charge in [0.05, 0.1) is 6.61 Å². The first kappa shape index (κ1) is 5.63. The van der Waals surface area contributed by atoms with E-state index in [-0.39, 0.29) is 0 Å². The molecule has 2 heteroatoms. The Morgan fingerprint density at radius 2 is 2.50 bits per heavy atom. The minimum Gasteiger partial charge on any atom is -0.496 e. The minimum absolute atomic E-state index is 0.738. The Bertz CT molecular complexity index is 101. The number of morpholine rings is 1. The van der Waals surface area contributed by atoms with Crippen molar-refractivity contribution in [2.45, 2.75) is 0 Å². The Kier molecular flexibility index (Phi) is 1.53. The first-order chi connectivity index (χ1) is 3.79. The second-order valence-electron chi connectivity index (χ2n) is 1.94. The lowest BCUT2D eigenvalue weighted by Gasteiger charge is -2.30. The summed E-state index contributed by atoms with van der Waals surface area (Å²) in [5.74, 6) is 0.825. The molecule has 0 aliphatic carbocycles. The molecule has 1 aliphatic rings. The van der Waals surface area contributed by atoms with E-state index >= 15 is 0 Å². The Morgan fingerprint density at radius 3 is 2.88 bits per heavy atom. The van der Waals surface area contributed by atoms with Crippen LogP contribution >= 0.6 is 0 Å². The maximum Gasteiger partial charge on any atom is 0.100 e. The fraction of sp³-hybridized carbons (Fsp3) is 0.500. The number of nitrogens with zero attached hydrogens (tertiary/aromatic N) is 1. The van der Waals surface area contributed by atoms with Crippen molar-refractivity contribution in [3.8, 4) is 0 Å². The standard InChI is InChI=1S/C6H10NO/c1-6-5-7(2)3-4-8-6/h1-5H2/q-1. The number of rotatable bonds is 0. The van der Waals surface area contributed by atoms with Gasteiger partial charge in [0.15, 0.2) is 0 Å². The quantitative estimate of drug-likeness (QED) is 0.426. The van der Waals surface area contributed by atoms with Crippen LogP contribution < -0.4 is 0 Å². The topological polar surface area (TPSA) is 12.5 Å². The van der Waals surface area contributed by atoms with Gasteiger partial charge in [-0.15, -0.1) is 0 Å². The molecule has 1 heterocycles. The van der Waals surface area contributed by atoms with E-state index in [1.807, 2.05) is 4.90 Å². The van der Waals surface area contributed by atoms with Crippen molar-refractivity contribution in [3.05, 3.63) is 19.4 Å². The maximum atomic E-state index is 5.07. The van der Waals surface area contributed by atoms with Crippen molar-refractivity contribution in [2.24, 2.45) is 0 Å². The van der Waals surface area contributed by atoms with E-state index in [2.05, 4.69) is 13.6 Å². The predicted octanol–water partition coefficient (Wildman–Crippen LogP) is 0.624. The molecule has 0 aromatic heterocycles. The molecule has 0 aromatic rings. The summed E-state index contributed by atoms with van der Waals surface area (Å²) < 4.78 is 5.07. The van der Waals surface area contributed by atoms with Gasteiger partial charge in [0.2, 0.25) is 0 Å². The van der Waals surface area contributed by atoms with Crippen LogP contribution in [0.2, 0.25) is 0 Å². The summed E-state index contributed by atoms with van der Waals surface area (Å²) >= 11 is 0. The molecule has 0 saturated carbocycles. The van der Waals surface area contributed by atoms with Crippen LogP contribution in [-0.2, 0) is 4.74 Å². The van der Waals surface area contributed by atoms with Crippen molar-refractivity contribution in [2.75, 3.05) is 19.7 Å². The Morgan fingerprint density at radius 1 is 1.75 bits per heavy atom. The molecule has 2 nitrogen and oxygen atoms in total. The molecule has 0 N–H and O–H groups in total. The largest absolute Gasteiger partial charge is 0.496 e. The molecule has 0 spiro atoms. The van der Waals surface area contributed by atoms with E-state index in [9.17, 15) is 0 Å². The zero-order chi connectivity index (χ0) is 5.98. The fourth-order valence-corrected chi connectivity index (χ4v) is 0.693. The SMILES string of the molecule is C=C1CN([CH2-])CCO1. The summed E-state index contributed by atoms with van der Waals surface area (Å²) in [5.41, 5.74) is 0. The Hall–Kier alpha value is -0.500. The van der Waals surface area contributed by atoms with Gasteiger partial charge in [-0.25, -0.2) is 0 Å².